The SMILES string of the molecule is CCSCCCC(CBr)C(C)C. The molecule has 0 saturated heterocycles. The van der Waals surface area contributed by atoms with Crippen molar-refractivity contribution < 1.29 is 0 Å². The molecule has 0 aliphatic rings. The Morgan fingerprint density at radius 3 is 2.42 bits per heavy atom. The van der Waals surface area contributed by atoms with Crippen molar-refractivity contribution >= 4 is 27.7 Å². The minimum atomic E-state index is 0.830. The molecule has 0 heterocycles. The molecule has 0 aromatic carbocycles. The van der Waals surface area contributed by atoms with Gasteiger partial charge in [-0.3, -0.25) is 0 Å². The highest BCUT2D eigenvalue weighted by atomic mass is 79.9. The Morgan fingerprint density at radius 2 is 2.00 bits per heavy atom. The molecule has 0 fully saturated rings. The number of thioether (sulfide) groups is 1. The molecule has 1 atom stereocenters. The standard InChI is InChI=1S/C10H21BrS/c1-4-12-7-5-6-10(8-11)9(2)3/h9-10H,4-8H2,1-3H3. The van der Waals surface area contributed by atoms with Gasteiger partial charge in [0.25, 0.3) is 0 Å². The van der Waals surface area contributed by atoms with Gasteiger partial charge in [-0.25, -0.2) is 0 Å². The van der Waals surface area contributed by atoms with Gasteiger partial charge in [-0.15, -0.1) is 0 Å². The molecular formula is C10H21BrS. The molecule has 0 nitrogen and oxygen atoms in total. The molecule has 0 aliphatic heterocycles. The lowest BCUT2D eigenvalue weighted by Gasteiger charge is -2.17. The number of alkyl halides is 1. The average molecular weight is 253 g/mol. The predicted octanol–water partition coefficient (Wildman–Crippen LogP) is 4.19. The molecule has 0 radical (unpaired) electrons. The van der Waals surface area contributed by atoms with Gasteiger partial charge in [-0.1, -0.05) is 36.7 Å². The van der Waals surface area contributed by atoms with Gasteiger partial charge in [0.05, 0.1) is 0 Å². The Bertz CT molecular complexity index is 93.8. The topological polar surface area (TPSA) is 0 Å². The molecule has 0 aromatic heterocycles. The van der Waals surface area contributed by atoms with E-state index in [2.05, 4.69) is 48.5 Å². The summed E-state index contributed by atoms with van der Waals surface area (Å²) in [5.74, 6) is 4.31. The van der Waals surface area contributed by atoms with Crippen molar-refractivity contribution in [1.29, 1.82) is 0 Å². The van der Waals surface area contributed by atoms with Crippen LogP contribution in [0.15, 0.2) is 0 Å². The summed E-state index contributed by atoms with van der Waals surface area (Å²) in [6.07, 6.45) is 2.77. The summed E-state index contributed by atoms with van der Waals surface area (Å²) in [7, 11) is 0. The third kappa shape index (κ3) is 6.36. The van der Waals surface area contributed by atoms with Crippen LogP contribution in [-0.4, -0.2) is 16.8 Å². The fourth-order valence-corrected chi connectivity index (χ4v) is 2.91. The van der Waals surface area contributed by atoms with E-state index < -0.39 is 0 Å². The first kappa shape index (κ1) is 12.8. The summed E-state index contributed by atoms with van der Waals surface area (Å²) in [5, 5.41) is 1.17. The van der Waals surface area contributed by atoms with Crippen molar-refractivity contribution in [2.24, 2.45) is 11.8 Å². The summed E-state index contributed by atoms with van der Waals surface area (Å²) >= 11 is 5.64. The highest BCUT2D eigenvalue weighted by Crippen LogP contribution is 2.20. The van der Waals surface area contributed by atoms with E-state index in [4.69, 9.17) is 0 Å². The maximum atomic E-state index is 3.58. The Hall–Kier alpha value is 0.830. The smallest absolute Gasteiger partial charge is 0.00621 e. The lowest BCUT2D eigenvalue weighted by molar-refractivity contribution is 0.399. The molecule has 1 unspecified atom stereocenters. The van der Waals surface area contributed by atoms with E-state index in [0.717, 1.165) is 11.8 Å². The Kier molecular flexibility index (Phi) is 9.01. The molecule has 0 amide bonds. The van der Waals surface area contributed by atoms with E-state index in [1.165, 1.54) is 29.7 Å². The Balaban J connectivity index is 3.32. The number of rotatable bonds is 7. The third-order valence-corrected chi connectivity index (χ3v) is 4.03. The highest BCUT2D eigenvalue weighted by molar-refractivity contribution is 9.09. The fraction of sp³-hybridized carbons (Fsp3) is 1.00. The number of hydrogen-bond donors (Lipinski definition) is 0. The second kappa shape index (κ2) is 8.43. The van der Waals surface area contributed by atoms with Gasteiger partial charge in [-0.05, 0) is 36.2 Å². The zero-order valence-electron chi connectivity index (χ0n) is 8.48. The number of hydrogen-bond acceptors (Lipinski definition) is 1. The maximum Gasteiger partial charge on any atom is 0.00621 e. The highest BCUT2D eigenvalue weighted by Gasteiger charge is 2.10. The molecule has 2 heteroatoms. The second-order valence-electron chi connectivity index (χ2n) is 3.50. The summed E-state index contributed by atoms with van der Waals surface area (Å²) in [4.78, 5) is 0. The van der Waals surface area contributed by atoms with Crippen LogP contribution < -0.4 is 0 Å². The summed E-state index contributed by atoms with van der Waals surface area (Å²) < 4.78 is 0. The minimum absolute atomic E-state index is 0.830. The van der Waals surface area contributed by atoms with Crippen molar-refractivity contribution in [2.45, 2.75) is 33.6 Å². The molecule has 0 saturated carbocycles. The fourth-order valence-electron chi connectivity index (χ4n) is 1.18. The van der Waals surface area contributed by atoms with Gasteiger partial charge in [0.1, 0.15) is 0 Å². The van der Waals surface area contributed by atoms with Gasteiger partial charge >= 0.3 is 0 Å². The monoisotopic (exact) mass is 252 g/mol. The van der Waals surface area contributed by atoms with E-state index in [1.54, 1.807) is 0 Å². The van der Waals surface area contributed by atoms with Crippen LogP contribution in [0, 0.1) is 11.8 Å². The van der Waals surface area contributed by atoms with Crippen LogP contribution >= 0.6 is 27.7 Å². The van der Waals surface area contributed by atoms with E-state index in [9.17, 15) is 0 Å². The average Bonchev–Trinajstić information content (AvgIpc) is 2.04. The van der Waals surface area contributed by atoms with Crippen LogP contribution in [0.3, 0.4) is 0 Å². The van der Waals surface area contributed by atoms with Gasteiger partial charge < -0.3 is 0 Å². The number of halogens is 1. The molecule has 0 N–H and O–H groups in total. The normalized spacial score (nSPS) is 13.8. The first-order chi connectivity index (χ1) is 5.72. The molecule has 74 valence electrons. The van der Waals surface area contributed by atoms with E-state index >= 15 is 0 Å². The van der Waals surface area contributed by atoms with Crippen LogP contribution in [0.25, 0.3) is 0 Å². The lowest BCUT2D eigenvalue weighted by Crippen LogP contribution is -2.10. The van der Waals surface area contributed by atoms with E-state index in [-0.39, 0.29) is 0 Å². The van der Waals surface area contributed by atoms with Crippen molar-refractivity contribution in [1.82, 2.24) is 0 Å². The Morgan fingerprint density at radius 1 is 1.33 bits per heavy atom. The minimum Gasteiger partial charge on any atom is -0.162 e. The van der Waals surface area contributed by atoms with Gasteiger partial charge in [-0.2, -0.15) is 11.8 Å². The first-order valence-electron chi connectivity index (χ1n) is 4.86. The van der Waals surface area contributed by atoms with Gasteiger partial charge in [0.15, 0.2) is 0 Å². The van der Waals surface area contributed by atoms with Crippen LogP contribution in [0.1, 0.15) is 33.6 Å². The molecule has 12 heavy (non-hydrogen) atoms. The third-order valence-electron chi connectivity index (χ3n) is 2.21. The molecule has 0 spiro atoms. The molecule has 0 rings (SSSR count). The predicted molar refractivity (Wildman–Crippen MR) is 64.4 cm³/mol. The summed E-state index contributed by atoms with van der Waals surface area (Å²) in [6.45, 7) is 6.87. The van der Waals surface area contributed by atoms with E-state index in [1.807, 2.05) is 0 Å². The van der Waals surface area contributed by atoms with Gasteiger partial charge in [0.2, 0.25) is 0 Å². The Labute approximate surface area is 90.0 Å². The van der Waals surface area contributed by atoms with Crippen molar-refractivity contribution in [3.05, 3.63) is 0 Å². The summed E-state index contributed by atoms with van der Waals surface area (Å²) in [6, 6.07) is 0. The van der Waals surface area contributed by atoms with Crippen molar-refractivity contribution in [3.63, 3.8) is 0 Å². The summed E-state index contributed by atoms with van der Waals surface area (Å²) in [5.41, 5.74) is 0. The van der Waals surface area contributed by atoms with E-state index in [0.29, 0.717) is 0 Å². The first-order valence-corrected chi connectivity index (χ1v) is 7.13. The second-order valence-corrected chi connectivity index (χ2v) is 5.54. The largest absolute Gasteiger partial charge is 0.162 e. The van der Waals surface area contributed by atoms with Crippen LogP contribution in [0.5, 0.6) is 0 Å². The molecule has 0 aromatic rings. The zero-order chi connectivity index (χ0) is 9.40. The van der Waals surface area contributed by atoms with Crippen LogP contribution in [-0.2, 0) is 0 Å². The zero-order valence-corrected chi connectivity index (χ0v) is 10.9. The quantitative estimate of drug-likeness (QED) is 0.484. The molecule has 0 aliphatic carbocycles. The van der Waals surface area contributed by atoms with Crippen molar-refractivity contribution in [3.8, 4) is 0 Å². The van der Waals surface area contributed by atoms with Crippen LogP contribution in [0.2, 0.25) is 0 Å². The lowest BCUT2D eigenvalue weighted by atomic mass is 9.94. The maximum absolute atomic E-state index is 3.58. The molecule has 0 bridgehead atoms. The van der Waals surface area contributed by atoms with Gasteiger partial charge in [0, 0.05) is 5.33 Å². The van der Waals surface area contributed by atoms with Crippen molar-refractivity contribution in [2.75, 3.05) is 16.8 Å². The molecular weight excluding hydrogens is 232 g/mol. The van der Waals surface area contributed by atoms with Crippen LogP contribution in [0.4, 0.5) is 0 Å².